The van der Waals surface area contributed by atoms with Crippen LogP contribution in [0.3, 0.4) is 0 Å². The van der Waals surface area contributed by atoms with Gasteiger partial charge >= 0.3 is 12.6 Å². The third kappa shape index (κ3) is 8.91. The number of benzene rings is 2. The molecule has 4 rings (SSSR count). The van der Waals surface area contributed by atoms with Gasteiger partial charge in [0.15, 0.2) is 0 Å². The largest absolute Gasteiger partial charge is 0.465 e. The van der Waals surface area contributed by atoms with Crippen molar-refractivity contribution in [2.45, 2.75) is 89.4 Å². The summed E-state index contributed by atoms with van der Waals surface area (Å²) in [5.41, 5.74) is 4.25. The second-order valence-electron chi connectivity index (χ2n) is 12.3. The summed E-state index contributed by atoms with van der Waals surface area (Å²) in [7, 11) is 4.15. The fourth-order valence-corrected chi connectivity index (χ4v) is 7.68. The van der Waals surface area contributed by atoms with Crippen molar-refractivity contribution in [3.05, 3.63) is 68.7 Å². The van der Waals surface area contributed by atoms with Crippen molar-refractivity contribution in [3.63, 3.8) is 0 Å². The average Bonchev–Trinajstić information content (AvgIpc) is 2.96. The van der Waals surface area contributed by atoms with Crippen LogP contribution < -0.4 is 0 Å². The van der Waals surface area contributed by atoms with E-state index in [-0.39, 0.29) is 24.4 Å². The first-order valence-corrected chi connectivity index (χ1v) is 16.4. The molecule has 1 aliphatic heterocycles. The van der Waals surface area contributed by atoms with Gasteiger partial charge in [0, 0.05) is 10.0 Å². The molecule has 0 aromatic heterocycles. The third-order valence-corrected chi connectivity index (χ3v) is 10.0. The molecule has 2 atom stereocenters. The van der Waals surface area contributed by atoms with E-state index in [0.29, 0.717) is 30.3 Å². The van der Waals surface area contributed by atoms with E-state index in [9.17, 15) is 13.6 Å². The Hall–Kier alpha value is -1.77. The minimum atomic E-state index is -2.75. The Morgan fingerprint density at radius 2 is 1.74 bits per heavy atom. The van der Waals surface area contributed by atoms with Gasteiger partial charge in [-0.1, -0.05) is 41.4 Å². The molecule has 0 bridgehead atoms. The summed E-state index contributed by atoms with van der Waals surface area (Å²) in [6.07, 6.45) is 5.16. The van der Waals surface area contributed by atoms with Crippen LogP contribution in [0.25, 0.3) is 0 Å². The van der Waals surface area contributed by atoms with Crippen LogP contribution in [-0.2, 0) is 14.3 Å². The lowest BCUT2D eigenvalue weighted by Gasteiger charge is -2.37. The minimum Gasteiger partial charge on any atom is -0.465 e. The fourth-order valence-electron chi connectivity index (χ4n) is 7.24. The first-order chi connectivity index (χ1) is 20.6. The average molecular weight is 640 g/mol. The highest BCUT2D eigenvalue weighted by molar-refractivity contribution is 6.33. The summed E-state index contributed by atoms with van der Waals surface area (Å²) < 4.78 is 36.2. The Bertz CT molecular complexity index is 1200. The number of likely N-dealkylation sites (N-methyl/N-ethyl adjacent to an activating group) is 1. The number of likely N-dealkylation sites (tertiary alicyclic amines) is 1. The topological polar surface area (TPSA) is 42.0 Å². The molecule has 1 unspecified atom stereocenters. The van der Waals surface area contributed by atoms with Gasteiger partial charge in [0.1, 0.15) is 6.04 Å². The monoisotopic (exact) mass is 638 g/mol. The first-order valence-electron chi connectivity index (χ1n) is 15.6. The van der Waals surface area contributed by atoms with Gasteiger partial charge in [-0.3, -0.25) is 4.90 Å². The number of nitrogens with zero attached hydrogens (tertiary/aromatic N) is 2. The molecule has 0 spiro atoms. The van der Waals surface area contributed by atoms with Gasteiger partial charge in [-0.2, -0.15) is 8.78 Å². The van der Waals surface area contributed by atoms with Crippen LogP contribution in [0.5, 0.6) is 0 Å². The highest BCUT2D eigenvalue weighted by Crippen LogP contribution is 2.42. The Labute approximate surface area is 265 Å². The summed E-state index contributed by atoms with van der Waals surface area (Å²) in [5.74, 6) is 0.550. The van der Waals surface area contributed by atoms with E-state index in [0.717, 1.165) is 72.5 Å². The summed E-state index contributed by atoms with van der Waals surface area (Å²) in [6.45, 7) is 4.17. The second-order valence-corrected chi connectivity index (χ2v) is 13.1. The molecule has 2 aliphatic rings. The Morgan fingerprint density at radius 1 is 1.05 bits per heavy atom. The summed E-state index contributed by atoms with van der Waals surface area (Å²) in [5, 5.41) is 1.40. The van der Waals surface area contributed by atoms with Crippen molar-refractivity contribution in [1.82, 2.24) is 9.80 Å². The van der Waals surface area contributed by atoms with Crippen molar-refractivity contribution >= 4 is 29.2 Å². The van der Waals surface area contributed by atoms with Gasteiger partial charge < -0.3 is 14.4 Å². The molecule has 2 aromatic carbocycles. The molecular formula is C34H46Cl2F2N2O3. The summed E-state index contributed by atoms with van der Waals surface area (Å²) >= 11 is 13.2. The highest BCUT2D eigenvalue weighted by Gasteiger charge is 2.35. The Morgan fingerprint density at radius 3 is 2.40 bits per heavy atom. The molecule has 2 aromatic rings. The van der Waals surface area contributed by atoms with E-state index in [1.807, 2.05) is 44.3 Å². The number of hydrogen-bond donors (Lipinski definition) is 0. The SMILES string of the molecule is CCOC(=O)C(c1cccc(C)c1C1CCC(OC(F)F)CC1)N(C)CC[C@@H](c1cc(Cl)ccc1Cl)C1CCN(C)CC1. The molecule has 1 heterocycles. The molecule has 0 amide bonds. The van der Waals surface area contributed by atoms with Gasteiger partial charge in [-0.15, -0.1) is 0 Å². The van der Waals surface area contributed by atoms with E-state index in [2.05, 4.69) is 29.8 Å². The Balaban J connectivity index is 1.60. The summed E-state index contributed by atoms with van der Waals surface area (Å²) in [6, 6.07) is 11.2. The number of carbonyl (C=O) groups excluding carboxylic acids is 1. The second kappa shape index (κ2) is 16.0. The molecule has 5 nitrogen and oxygen atoms in total. The molecule has 9 heteroatoms. The number of halogens is 4. The summed E-state index contributed by atoms with van der Waals surface area (Å²) in [4.78, 5) is 18.1. The molecule has 0 N–H and O–H groups in total. The van der Waals surface area contributed by atoms with E-state index < -0.39 is 18.8 Å². The van der Waals surface area contributed by atoms with Crippen molar-refractivity contribution in [2.75, 3.05) is 40.3 Å². The van der Waals surface area contributed by atoms with Gasteiger partial charge in [-0.05, 0) is 151 Å². The number of aryl methyl sites for hydroxylation is 1. The van der Waals surface area contributed by atoms with Crippen LogP contribution in [0.2, 0.25) is 10.0 Å². The number of alkyl halides is 2. The zero-order valence-corrected chi connectivity index (χ0v) is 27.3. The van der Waals surface area contributed by atoms with Crippen molar-refractivity contribution in [3.8, 4) is 0 Å². The van der Waals surface area contributed by atoms with E-state index >= 15 is 0 Å². The van der Waals surface area contributed by atoms with E-state index in [4.69, 9.17) is 32.7 Å². The van der Waals surface area contributed by atoms with Crippen LogP contribution >= 0.6 is 23.2 Å². The smallest absolute Gasteiger partial charge is 0.345 e. The Kier molecular flexibility index (Phi) is 12.7. The molecule has 1 saturated carbocycles. The van der Waals surface area contributed by atoms with Crippen LogP contribution in [0.4, 0.5) is 8.78 Å². The zero-order valence-electron chi connectivity index (χ0n) is 25.8. The normalized spacial score (nSPS) is 21.7. The quantitative estimate of drug-likeness (QED) is 0.218. The molecule has 43 heavy (non-hydrogen) atoms. The van der Waals surface area contributed by atoms with Crippen molar-refractivity contribution < 1.29 is 23.0 Å². The van der Waals surface area contributed by atoms with Crippen molar-refractivity contribution in [2.24, 2.45) is 5.92 Å². The van der Waals surface area contributed by atoms with Gasteiger partial charge in [0.25, 0.3) is 0 Å². The fraction of sp³-hybridized carbons (Fsp3) is 0.618. The van der Waals surface area contributed by atoms with E-state index in [1.54, 1.807) is 0 Å². The standard InChI is InChI=1S/C34H46Cl2F2N2O3/c1-5-42-33(41)32(28-8-6-7-22(2)31(28)24-9-12-26(13-10-24)43-34(37)38)40(4)20-17-27(23-15-18-39(3)19-16-23)29-21-25(35)11-14-30(29)36/h6-8,11,14,21,23-24,26-27,32,34H,5,9-10,12-13,15-20H2,1-4H3/t24?,26?,27-,32?/m1/s1. The number of rotatable bonds is 12. The lowest BCUT2D eigenvalue weighted by atomic mass is 9.77. The predicted molar refractivity (Wildman–Crippen MR) is 169 cm³/mol. The molecular weight excluding hydrogens is 593 g/mol. The number of ether oxygens (including phenoxy) is 2. The molecule has 0 radical (unpaired) electrons. The minimum absolute atomic E-state index is 0.163. The lowest BCUT2D eigenvalue weighted by molar-refractivity contribution is -0.170. The van der Waals surface area contributed by atoms with Crippen molar-refractivity contribution in [1.29, 1.82) is 0 Å². The number of carbonyl (C=O) groups is 1. The predicted octanol–water partition coefficient (Wildman–Crippen LogP) is 8.62. The van der Waals surface area contributed by atoms with Gasteiger partial charge in [-0.25, -0.2) is 4.79 Å². The van der Waals surface area contributed by atoms with Gasteiger partial charge in [0.2, 0.25) is 0 Å². The molecule has 238 valence electrons. The van der Waals surface area contributed by atoms with Crippen LogP contribution in [0.15, 0.2) is 36.4 Å². The lowest BCUT2D eigenvalue weighted by Crippen LogP contribution is -2.37. The van der Waals surface area contributed by atoms with Crippen LogP contribution in [-0.4, -0.2) is 68.8 Å². The number of hydrogen-bond acceptors (Lipinski definition) is 5. The van der Waals surface area contributed by atoms with Gasteiger partial charge in [0.05, 0.1) is 12.7 Å². The zero-order chi connectivity index (χ0) is 31.1. The first kappa shape index (κ1) is 34.1. The number of esters is 1. The molecule has 1 aliphatic carbocycles. The third-order valence-electron chi connectivity index (χ3n) is 9.46. The maximum atomic E-state index is 13.6. The van der Waals surface area contributed by atoms with Crippen LogP contribution in [0.1, 0.15) is 92.0 Å². The number of piperidine rings is 1. The van der Waals surface area contributed by atoms with E-state index in [1.165, 1.54) is 0 Å². The maximum absolute atomic E-state index is 13.6. The highest BCUT2D eigenvalue weighted by atomic mass is 35.5. The molecule has 2 fully saturated rings. The van der Waals surface area contributed by atoms with Crippen LogP contribution in [0, 0.1) is 12.8 Å². The maximum Gasteiger partial charge on any atom is 0.345 e. The molecule has 1 saturated heterocycles.